The molecule has 2 N–H and O–H groups in total. The molecular weight excluding hydrogens is 476 g/mol. The van der Waals surface area contributed by atoms with E-state index in [0.29, 0.717) is 12.8 Å². The van der Waals surface area contributed by atoms with Crippen LogP contribution in [0.5, 0.6) is 0 Å². The van der Waals surface area contributed by atoms with Crippen molar-refractivity contribution in [2.24, 2.45) is 5.92 Å². The van der Waals surface area contributed by atoms with Crippen LogP contribution in [-0.2, 0) is 14.3 Å². The fraction of sp³-hybridized carbons (Fsp3) is 0.848. The minimum absolute atomic E-state index is 0.149. The molecule has 4 atom stereocenters. The van der Waals surface area contributed by atoms with Crippen LogP contribution < -0.4 is 0 Å². The first-order valence-corrected chi connectivity index (χ1v) is 16.1. The lowest BCUT2D eigenvalue weighted by Crippen LogP contribution is -2.35. The second kappa shape index (κ2) is 24.8. The zero-order chi connectivity index (χ0) is 27.7. The van der Waals surface area contributed by atoms with Gasteiger partial charge in [0.05, 0.1) is 18.1 Å². The number of unbranched alkanes of at least 4 members (excludes halogenated alkanes) is 11. The Balaban J connectivity index is 2.32. The molecule has 38 heavy (non-hydrogen) atoms. The highest BCUT2D eigenvalue weighted by atomic mass is 16.7. The molecule has 222 valence electrons. The van der Waals surface area contributed by atoms with Gasteiger partial charge in [-0.2, -0.15) is 0 Å². The molecule has 1 aliphatic heterocycles. The number of allylic oxidation sites excluding steroid dienone is 4. The number of carboxylic acids is 1. The summed E-state index contributed by atoms with van der Waals surface area (Å²) in [5.74, 6) is -1.60. The first-order chi connectivity index (χ1) is 18.6. The molecule has 1 unspecified atom stereocenters. The van der Waals surface area contributed by atoms with Gasteiger partial charge in [0, 0.05) is 13.0 Å². The Kier molecular flexibility index (Phi) is 22.8. The van der Waals surface area contributed by atoms with Crippen molar-refractivity contribution in [3.05, 3.63) is 24.3 Å². The molecule has 5 heteroatoms. The molecule has 0 aromatic carbocycles. The number of ether oxygens (including phenoxy) is 2. The van der Waals surface area contributed by atoms with E-state index in [2.05, 4.69) is 38.2 Å². The SMILES string of the molecule is CCCCCC=CCC=CCCCCCCC[C@H](C[C@H](O)[C@H](CCCCCC)C(=O)O)OC1CCCCO1. The van der Waals surface area contributed by atoms with E-state index >= 15 is 0 Å². The molecule has 0 aromatic heterocycles. The number of carboxylic acid groups (broad SMARTS) is 1. The molecule has 5 nitrogen and oxygen atoms in total. The predicted octanol–water partition coefficient (Wildman–Crippen LogP) is 9.13. The lowest BCUT2D eigenvalue weighted by atomic mass is 9.90. The van der Waals surface area contributed by atoms with Crippen molar-refractivity contribution in [2.75, 3.05) is 6.61 Å². The number of aliphatic hydroxyl groups is 1. The molecule has 1 aliphatic rings. The normalized spacial score (nSPS) is 18.8. The van der Waals surface area contributed by atoms with Gasteiger partial charge in [-0.25, -0.2) is 0 Å². The summed E-state index contributed by atoms with van der Waals surface area (Å²) in [4.78, 5) is 11.9. The molecule has 1 fully saturated rings. The molecule has 1 heterocycles. The average molecular weight is 537 g/mol. The Morgan fingerprint density at radius 3 is 2.11 bits per heavy atom. The maximum atomic E-state index is 11.9. The number of rotatable bonds is 25. The predicted molar refractivity (Wildman–Crippen MR) is 158 cm³/mol. The average Bonchev–Trinajstić information content (AvgIpc) is 2.91. The van der Waals surface area contributed by atoms with E-state index in [0.717, 1.165) is 83.7 Å². The second-order valence-electron chi connectivity index (χ2n) is 11.2. The molecule has 0 aromatic rings. The summed E-state index contributed by atoms with van der Waals surface area (Å²) >= 11 is 0. The van der Waals surface area contributed by atoms with Gasteiger partial charge in [0.2, 0.25) is 0 Å². The van der Waals surface area contributed by atoms with E-state index < -0.39 is 18.0 Å². The van der Waals surface area contributed by atoms with Crippen molar-refractivity contribution in [1.29, 1.82) is 0 Å². The maximum Gasteiger partial charge on any atom is 0.309 e. The topological polar surface area (TPSA) is 76.0 Å². The molecule has 0 radical (unpaired) electrons. The molecule has 0 aliphatic carbocycles. The Bertz CT molecular complexity index is 596. The van der Waals surface area contributed by atoms with Gasteiger partial charge in [0.15, 0.2) is 6.29 Å². The third-order valence-corrected chi connectivity index (χ3v) is 7.61. The monoisotopic (exact) mass is 536 g/mol. The number of hydrogen-bond acceptors (Lipinski definition) is 4. The highest BCUT2D eigenvalue weighted by molar-refractivity contribution is 5.70. The van der Waals surface area contributed by atoms with Gasteiger partial charge in [-0.05, 0) is 64.2 Å². The molecule has 1 rings (SSSR count). The minimum Gasteiger partial charge on any atom is -0.481 e. The Labute approximate surface area is 234 Å². The molecule has 0 saturated carbocycles. The lowest BCUT2D eigenvalue weighted by Gasteiger charge is -2.30. The molecule has 1 saturated heterocycles. The van der Waals surface area contributed by atoms with Crippen LogP contribution in [0.3, 0.4) is 0 Å². The highest BCUT2D eigenvalue weighted by Gasteiger charge is 2.30. The van der Waals surface area contributed by atoms with Crippen LogP contribution in [-0.4, -0.2) is 41.3 Å². The summed E-state index contributed by atoms with van der Waals surface area (Å²) in [6.45, 7) is 5.11. The van der Waals surface area contributed by atoms with Crippen molar-refractivity contribution >= 4 is 5.97 Å². The quantitative estimate of drug-likeness (QED) is 0.0898. The number of carbonyl (C=O) groups is 1. The summed E-state index contributed by atoms with van der Waals surface area (Å²) in [6, 6.07) is 0. The smallest absolute Gasteiger partial charge is 0.309 e. The standard InChI is InChI=1S/C33H60O5/c1-3-5-7-9-10-11-12-13-14-15-16-17-18-19-20-24-29(38-32-26-22-23-27-37-32)28-31(34)30(33(35)36)25-21-8-6-4-2/h10-11,13-14,29-32,34H,3-9,12,15-28H2,1-2H3,(H,35,36)/t29-,30+,31+,32?/m1/s1. The largest absolute Gasteiger partial charge is 0.481 e. The van der Waals surface area contributed by atoms with Gasteiger partial charge in [0.1, 0.15) is 0 Å². The van der Waals surface area contributed by atoms with Crippen LogP contribution in [0.2, 0.25) is 0 Å². The van der Waals surface area contributed by atoms with Crippen molar-refractivity contribution in [1.82, 2.24) is 0 Å². The fourth-order valence-electron chi connectivity index (χ4n) is 5.16. The van der Waals surface area contributed by atoms with E-state index in [4.69, 9.17) is 9.47 Å². The zero-order valence-electron chi connectivity index (χ0n) is 24.8. The number of hydrogen-bond donors (Lipinski definition) is 2. The van der Waals surface area contributed by atoms with Crippen LogP contribution in [0, 0.1) is 5.92 Å². The summed E-state index contributed by atoms with van der Waals surface area (Å²) < 4.78 is 12.1. The summed E-state index contributed by atoms with van der Waals surface area (Å²) in [5.41, 5.74) is 0. The van der Waals surface area contributed by atoms with Gasteiger partial charge in [-0.1, -0.05) is 102 Å². The molecule has 0 amide bonds. The Hall–Kier alpha value is -1.17. The van der Waals surface area contributed by atoms with Crippen LogP contribution >= 0.6 is 0 Å². The van der Waals surface area contributed by atoms with E-state index in [-0.39, 0.29) is 12.4 Å². The summed E-state index contributed by atoms with van der Waals surface area (Å²) in [5, 5.41) is 20.6. The van der Waals surface area contributed by atoms with E-state index in [1.54, 1.807) is 0 Å². The van der Waals surface area contributed by atoms with E-state index in [1.165, 1.54) is 44.9 Å². The number of aliphatic carboxylic acids is 1. The zero-order valence-corrected chi connectivity index (χ0v) is 24.8. The highest BCUT2D eigenvalue weighted by Crippen LogP contribution is 2.25. The van der Waals surface area contributed by atoms with Crippen molar-refractivity contribution in [2.45, 2.75) is 167 Å². The van der Waals surface area contributed by atoms with Gasteiger partial charge < -0.3 is 19.7 Å². The van der Waals surface area contributed by atoms with Crippen molar-refractivity contribution in [3.63, 3.8) is 0 Å². The summed E-state index contributed by atoms with van der Waals surface area (Å²) in [7, 11) is 0. The van der Waals surface area contributed by atoms with Crippen LogP contribution in [0.4, 0.5) is 0 Å². The second-order valence-corrected chi connectivity index (χ2v) is 11.2. The third-order valence-electron chi connectivity index (χ3n) is 7.61. The minimum atomic E-state index is -0.890. The van der Waals surface area contributed by atoms with E-state index in [9.17, 15) is 15.0 Å². The molecule has 0 spiro atoms. The first-order valence-electron chi connectivity index (χ1n) is 16.1. The van der Waals surface area contributed by atoms with Gasteiger partial charge in [-0.3, -0.25) is 4.79 Å². The molecular formula is C33H60O5. The first kappa shape index (κ1) is 34.9. The lowest BCUT2D eigenvalue weighted by molar-refractivity contribution is -0.196. The summed E-state index contributed by atoms with van der Waals surface area (Å²) in [6.07, 6.45) is 30.0. The Morgan fingerprint density at radius 2 is 1.45 bits per heavy atom. The number of aliphatic hydroxyl groups excluding tert-OH is 1. The van der Waals surface area contributed by atoms with Crippen molar-refractivity contribution < 1.29 is 24.5 Å². The van der Waals surface area contributed by atoms with Gasteiger partial charge >= 0.3 is 5.97 Å². The van der Waals surface area contributed by atoms with Crippen LogP contribution in [0.1, 0.15) is 149 Å². The van der Waals surface area contributed by atoms with Gasteiger partial charge in [-0.15, -0.1) is 0 Å². The fourth-order valence-corrected chi connectivity index (χ4v) is 5.16. The maximum absolute atomic E-state index is 11.9. The molecule has 0 bridgehead atoms. The third kappa shape index (κ3) is 19.0. The van der Waals surface area contributed by atoms with Crippen LogP contribution in [0.15, 0.2) is 24.3 Å². The Morgan fingerprint density at radius 1 is 0.842 bits per heavy atom. The van der Waals surface area contributed by atoms with Crippen LogP contribution in [0.25, 0.3) is 0 Å². The van der Waals surface area contributed by atoms with E-state index in [1.807, 2.05) is 0 Å². The van der Waals surface area contributed by atoms with Gasteiger partial charge in [0.25, 0.3) is 0 Å². The van der Waals surface area contributed by atoms with Crippen molar-refractivity contribution in [3.8, 4) is 0 Å².